The number of thiophene rings is 1. The lowest BCUT2D eigenvalue weighted by molar-refractivity contribution is -0.129. The fourth-order valence-electron chi connectivity index (χ4n) is 1.55. The fraction of sp³-hybridized carbons (Fsp3) is 0.333. The van der Waals surface area contributed by atoms with Crippen LogP contribution in [0.15, 0.2) is 4.47 Å². The maximum atomic E-state index is 11.1. The minimum absolute atomic E-state index is 0.0159. The average Bonchev–Trinajstić information content (AvgIpc) is 2.65. The number of carbonyl (C=O) groups excluding carboxylic acids is 1. The lowest BCUT2D eigenvalue weighted by Crippen LogP contribution is -2.22. The molecular formula is C9H8BrNO3S. The van der Waals surface area contributed by atoms with E-state index < -0.39 is 5.97 Å². The first-order valence-electron chi connectivity index (χ1n) is 4.29. The number of hydrogen-bond donors (Lipinski definition) is 1. The van der Waals surface area contributed by atoms with Gasteiger partial charge in [-0.1, -0.05) is 0 Å². The Balaban J connectivity index is 2.36. The molecule has 2 rings (SSSR count). The summed E-state index contributed by atoms with van der Waals surface area (Å²) < 4.78 is 0.624. The maximum absolute atomic E-state index is 11.1. The number of carboxylic acids is 1. The van der Waals surface area contributed by atoms with Crippen molar-refractivity contribution in [3.63, 3.8) is 0 Å². The van der Waals surface area contributed by atoms with Crippen molar-refractivity contribution in [2.24, 2.45) is 0 Å². The van der Waals surface area contributed by atoms with Crippen LogP contribution in [0.25, 0.3) is 0 Å². The summed E-state index contributed by atoms with van der Waals surface area (Å²) >= 11 is 4.51. The molecule has 0 saturated heterocycles. The van der Waals surface area contributed by atoms with Gasteiger partial charge in [-0.2, -0.15) is 0 Å². The van der Waals surface area contributed by atoms with Crippen molar-refractivity contribution < 1.29 is 14.7 Å². The molecule has 0 bridgehead atoms. The monoisotopic (exact) mass is 289 g/mol. The highest BCUT2D eigenvalue weighted by molar-refractivity contribution is 9.10. The molecule has 80 valence electrons. The van der Waals surface area contributed by atoms with E-state index in [-0.39, 0.29) is 5.91 Å². The highest BCUT2D eigenvalue weighted by atomic mass is 79.9. The number of carbonyl (C=O) groups is 2. The minimum atomic E-state index is -0.921. The Labute approximate surface area is 98.6 Å². The summed E-state index contributed by atoms with van der Waals surface area (Å²) in [6.07, 6.45) is 0. The molecule has 15 heavy (non-hydrogen) atoms. The second-order valence-electron chi connectivity index (χ2n) is 3.33. The van der Waals surface area contributed by atoms with Gasteiger partial charge in [0.05, 0.1) is 6.54 Å². The van der Waals surface area contributed by atoms with E-state index in [1.807, 2.05) is 0 Å². The highest BCUT2D eigenvalue weighted by Crippen LogP contribution is 2.38. The van der Waals surface area contributed by atoms with Crippen LogP contribution < -0.4 is 0 Å². The SMILES string of the molecule is CC(=O)N1Cc2sc(C(=O)O)c(Br)c2C1. The van der Waals surface area contributed by atoms with E-state index in [2.05, 4.69) is 15.9 Å². The van der Waals surface area contributed by atoms with Gasteiger partial charge in [0, 0.05) is 28.4 Å². The molecule has 1 amide bonds. The van der Waals surface area contributed by atoms with E-state index in [4.69, 9.17) is 5.11 Å². The summed E-state index contributed by atoms with van der Waals surface area (Å²) in [5, 5.41) is 8.90. The molecule has 4 nitrogen and oxygen atoms in total. The molecule has 0 unspecified atom stereocenters. The van der Waals surface area contributed by atoms with Crippen molar-refractivity contribution in [1.82, 2.24) is 4.90 Å². The quantitative estimate of drug-likeness (QED) is 0.861. The van der Waals surface area contributed by atoms with Crippen molar-refractivity contribution >= 4 is 39.1 Å². The first-order chi connectivity index (χ1) is 7.00. The summed E-state index contributed by atoms with van der Waals surface area (Å²) in [6.45, 7) is 2.55. The highest BCUT2D eigenvalue weighted by Gasteiger charge is 2.29. The van der Waals surface area contributed by atoms with Gasteiger partial charge in [-0.15, -0.1) is 11.3 Å². The van der Waals surface area contributed by atoms with Gasteiger partial charge in [0.15, 0.2) is 0 Å². The Kier molecular flexibility index (Phi) is 2.56. The Bertz CT molecular complexity index is 454. The molecule has 0 aliphatic carbocycles. The van der Waals surface area contributed by atoms with Crippen LogP contribution in [-0.4, -0.2) is 21.9 Å². The maximum Gasteiger partial charge on any atom is 0.347 e. The van der Waals surface area contributed by atoms with Crippen LogP contribution in [0, 0.1) is 0 Å². The van der Waals surface area contributed by atoms with Gasteiger partial charge in [-0.05, 0) is 15.9 Å². The molecule has 1 N–H and O–H groups in total. The third-order valence-electron chi connectivity index (χ3n) is 2.35. The van der Waals surface area contributed by atoms with Gasteiger partial charge >= 0.3 is 5.97 Å². The van der Waals surface area contributed by atoms with E-state index in [1.54, 1.807) is 4.90 Å². The summed E-state index contributed by atoms with van der Waals surface area (Å²) in [4.78, 5) is 25.0. The van der Waals surface area contributed by atoms with Gasteiger partial charge < -0.3 is 10.0 Å². The Hall–Kier alpha value is -0.880. The molecule has 0 aromatic carbocycles. The predicted molar refractivity (Wildman–Crippen MR) is 58.9 cm³/mol. The Morgan fingerprint density at radius 3 is 2.60 bits per heavy atom. The molecule has 6 heteroatoms. The molecule has 0 spiro atoms. The standard InChI is InChI=1S/C9H8BrNO3S/c1-4(12)11-2-5-6(3-11)15-8(7(5)10)9(13)14/h2-3H2,1H3,(H,13,14). The first-order valence-corrected chi connectivity index (χ1v) is 5.90. The molecule has 1 aliphatic rings. The number of halogens is 1. The van der Waals surface area contributed by atoms with Crippen molar-refractivity contribution in [3.8, 4) is 0 Å². The number of nitrogens with zero attached hydrogens (tertiary/aromatic N) is 1. The fourth-order valence-corrected chi connectivity index (χ4v) is 3.52. The third kappa shape index (κ3) is 1.68. The lowest BCUT2D eigenvalue weighted by Gasteiger charge is -2.12. The van der Waals surface area contributed by atoms with Crippen molar-refractivity contribution in [2.45, 2.75) is 20.0 Å². The van der Waals surface area contributed by atoms with Gasteiger partial charge in [0.25, 0.3) is 0 Å². The number of fused-ring (bicyclic) bond motifs is 1. The zero-order valence-corrected chi connectivity index (χ0v) is 10.3. The second-order valence-corrected chi connectivity index (χ2v) is 5.23. The Morgan fingerprint density at radius 2 is 2.13 bits per heavy atom. The number of aromatic carboxylic acids is 1. The van der Waals surface area contributed by atoms with Crippen LogP contribution in [0.5, 0.6) is 0 Å². The van der Waals surface area contributed by atoms with Crippen LogP contribution in [0.2, 0.25) is 0 Å². The van der Waals surface area contributed by atoms with Gasteiger partial charge in [-0.25, -0.2) is 4.79 Å². The predicted octanol–water partition coefficient (Wildman–Crippen LogP) is 2.07. The average molecular weight is 290 g/mol. The van der Waals surface area contributed by atoms with Crippen LogP contribution in [0.1, 0.15) is 27.0 Å². The van der Waals surface area contributed by atoms with E-state index in [0.29, 0.717) is 22.4 Å². The molecule has 2 heterocycles. The van der Waals surface area contributed by atoms with Gasteiger partial charge in [0.1, 0.15) is 4.88 Å². The number of amides is 1. The molecule has 0 fully saturated rings. The summed E-state index contributed by atoms with van der Waals surface area (Å²) in [7, 11) is 0. The second kappa shape index (κ2) is 3.61. The van der Waals surface area contributed by atoms with Crippen molar-refractivity contribution in [3.05, 3.63) is 19.8 Å². The largest absolute Gasteiger partial charge is 0.477 e. The van der Waals surface area contributed by atoms with E-state index >= 15 is 0 Å². The van der Waals surface area contributed by atoms with Gasteiger partial charge in [-0.3, -0.25) is 4.79 Å². The van der Waals surface area contributed by atoms with Crippen molar-refractivity contribution in [2.75, 3.05) is 0 Å². The van der Waals surface area contributed by atoms with E-state index in [9.17, 15) is 9.59 Å². The zero-order chi connectivity index (χ0) is 11.2. The molecule has 1 aliphatic heterocycles. The summed E-state index contributed by atoms with van der Waals surface area (Å²) in [6, 6.07) is 0. The minimum Gasteiger partial charge on any atom is -0.477 e. The van der Waals surface area contributed by atoms with Crippen LogP contribution in [-0.2, 0) is 17.9 Å². The van der Waals surface area contributed by atoms with Crippen LogP contribution in [0.4, 0.5) is 0 Å². The van der Waals surface area contributed by atoms with Gasteiger partial charge in [0.2, 0.25) is 5.91 Å². The molecule has 0 radical (unpaired) electrons. The lowest BCUT2D eigenvalue weighted by atomic mass is 10.3. The molecule has 1 aromatic rings. The zero-order valence-electron chi connectivity index (χ0n) is 7.91. The number of carboxylic acid groups (broad SMARTS) is 1. The Morgan fingerprint density at radius 1 is 1.47 bits per heavy atom. The molecular weight excluding hydrogens is 282 g/mol. The normalized spacial score (nSPS) is 14.1. The summed E-state index contributed by atoms with van der Waals surface area (Å²) in [5.74, 6) is -0.905. The third-order valence-corrected chi connectivity index (χ3v) is 4.69. The van der Waals surface area contributed by atoms with E-state index in [0.717, 1.165) is 10.4 Å². The summed E-state index contributed by atoms with van der Waals surface area (Å²) in [5.41, 5.74) is 0.938. The topological polar surface area (TPSA) is 57.6 Å². The smallest absolute Gasteiger partial charge is 0.347 e. The molecule has 1 aromatic heterocycles. The van der Waals surface area contributed by atoms with Crippen LogP contribution >= 0.6 is 27.3 Å². The van der Waals surface area contributed by atoms with Crippen LogP contribution in [0.3, 0.4) is 0 Å². The number of rotatable bonds is 1. The molecule has 0 atom stereocenters. The number of hydrogen-bond acceptors (Lipinski definition) is 3. The van der Waals surface area contributed by atoms with Crippen molar-refractivity contribution in [1.29, 1.82) is 0 Å². The molecule has 0 saturated carbocycles. The van der Waals surface area contributed by atoms with E-state index in [1.165, 1.54) is 18.3 Å². The first kappa shape index (κ1) is 10.6.